The maximum Gasteiger partial charge on any atom is 0.331 e. The van der Waals surface area contributed by atoms with Crippen molar-refractivity contribution in [2.24, 2.45) is 0 Å². The van der Waals surface area contributed by atoms with Crippen LogP contribution in [0.25, 0.3) is 0 Å². The number of allylic oxidation sites excluding steroid dienone is 1. The maximum absolute atomic E-state index is 11.5. The van der Waals surface area contributed by atoms with E-state index in [4.69, 9.17) is 24.1 Å². The first-order valence-electron chi connectivity index (χ1n) is 6.98. The molecule has 0 radical (unpaired) electrons. The molecular weight excluding hydrogens is 312 g/mol. The van der Waals surface area contributed by atoms with Gasteiger partial charge in [-0.05, 0) is 6.08 Å². The normalized spacial score (nSPS) is 29.2. The van der Waals surface area contributed by atoms with Crippen LogP contribution in [-0.4, -0.2) is 66.9 Å². The van der Waals surface area contributed by atoms with Gasteiger partial charge >= 0.3 is 17.9 Å². The highest BCUT2D eigenvalue weighted by Crippen LogP contribution is 2.30. The Bertz CT molecular complexity index is 512. The third-order valence-electron chi connectivity index (χ3n) is 3.37. The largest absolute Gasteiger partial charge is 0.481 e. The zero-order chi connectivity index (χ0) is 16.8. The number of esters is 2. The highest BCUT2D eigenvalue weighted by molar-refractivity contribution is 5.86. The second-order valence-corrected chi connectivity index (χ2v) is 4.99. The Morgan fingerprint density at radius 1 is 1.04 bits per heavy atom. The van der Waals surface area contributed by atoms with E-state index >= 15 is 0 Å². The minimum atomic E-state index is -1.09. The number of carboxylic acids is 1. The van der Waals surface area contributed by atoms with Crippen molar-refractivity contribution < 1.29 is 43.2 Å². The Hall–Kier alpha value is -2.26. The fourth-order valence-electron chi connectivity index (χ4n) is 2.37. The number of hydrogen-bond acceptors (Lipinski definition) is 8. The molecule has 0 aliphatic carbocycles. The monoisotopic (exact) mass is 328 g/mol. The minimum Gasteiger partial charge on any atom is -0.481 e. The summed E-state index contributed by atoms with van der Waals surface area (Å²) in [6, 6.07) is 0. The van der Waals surface area contributed by atoms with Gasteiger partial charge in [-0.3, -0.25) is 14.4 Å². The summed E-state index contributed by atoms with van der Waals surface area (Å²) >= 11 is 0. The minimum absolute atomic E-state index is 0.0758. The van der Waals surface area contributed by atoms with E-state index in [0.717, 1.165) is 12.2 Å². The third kappa shape index (κ3) is 4.60. The Balaban J connectivity index is 1.83. The van der Waals surface area contributed by atoms with Crippen LogP contribution in [0.15, 0.2) is 12.2 Å². The van der Waals surface area contributed by atoms with Gasteiger partial charge < -0.3 is 24.1 Å². The van der Waals surface area contributed by atoms with Crippen molar-refractivity contribution in [3.63, 3.8) is 0 Å². The summed E-state index contributed by atoms with van der Waals surface area (Å²) in [6.07, 6.45) is -0.576. The fourth-order valence-corrected chi connectivity index (χ4v) is 2.37. The van der Waals surface area contributed by atoms with Gasteiger partial charge in [-0.25, -0.2) is 4.79 Å². The lowest BCUT2D eigenvalue weighted by molar-refractivity contribution is -0.156. The standard InChI is InChI=1S/C14H16O9/c15-5-1-2-11(18)22-8-6-20-14-9(7-21-13(8)14)23-12(19)4-3-10(16)17/h1-2,5,8-9,13-14H,3-4,6-7H2,(H,16,17). The molecule has 2 aliphatic heterocycles. The first-order valence-corrected chi connectivity index (χ1v) is 6.98. The number of fused-ring (bicyclic) bond motifs is 1. The van der Waals surface area contributed by atoms with Gasteiger partial charge in [0.05, 0.1) is 26.1 Å². The number of rotatable bonds is 7. The summed E-state index contributed by atoms with van der Waals surface area (Å²) in [6.45, 7) is 0.158. The van der Waals surface area contributed by atoms with E-state index in [-0.39, 0.29) is 26.1 Å². The smallest absolute Gasteiger partial charge is 0.331 e. The first-order chi connectivity index (χ1) is 11.0. The van der Waals surface area contributed by atoms with Crippen LogP contribution >= 0.6 is 0 Å². The summed E-state index contributed by atoms with van der Waals surface area (Å²) in [5.74, 6) is -2.44. The average Bonchev–Trinajstić information content (AvgIpc) is 3.07. The molecule has 2 heterocycles. The molecule has 0 spiro atoms. The Morgan fingerprint density at radius 2 is 1.65 bits per heavy atom. The third-order valence-corrected chi connectivity index (χ3v) is 3.37. The molecule has 0 aromatic heterocycles. The number of carboxylic acid groups (broad SMARTS) is 1. The lowest BCUT2D eigenvalue weighted by Crippen LogP contribution is -2.35. The molecule has 4 atom stereocenters. The van der Waals surface area contributed by atoms with E-state index in [0.29, 0.717) is 6.29 Å². The van der Waals surface area contributed by atoms with E-state index in [1.54, 1.807) is 0 Å². The molecule has 23 heavy (non-hydrogen) atoms. The zero-order valence-electron chi connectivity index (χ0n) is 12.1. The SMILES string of the molecule is O=CC=CC(=O)OC1COC2C(OC(=O)CCC(=O)O)COC12. The molecule has 0 bridgehead atoms. The number of carbonyl (C=O) groups excluding carboxylic acids is 3. The quantitative estimate of drug-likeness (QED) is 0.364. The molecule has 126 valence electrons. The maximum atomic E-state index is 11.5. The predicted octanol–water partition coefficient (Wildman–Crippen LogP) is -0.772. The molecule has 0 amide bonds. The van der Waals surface area contributed by atoms with Crippen molar-refractivity contribution in [3.8, 4) is 0 Å². The van der Waals surface area contributed by atoms with Crippen LogP contribution in [0.3, 0.4) is 0 Å². The first kappa shape index (κ1) is 17.1. The topological polar surface area (TPSA) is 125 Å². The van der Waals surface area contributed by atoms with E-state index < -0.39 is 42.3 Å². The molecule has 9 heteroatoms. The van der Waals surface area contributed by atoms with Crippen molar-refractivity contribution in [2.45, 2.75) is 37.3 Å². The fraction of sp³-hybridized carbons (Fsp3) is 0.571. The molecular formula is C14H16O9. The molecule has 0 saturated carbocycles. The van der Waals surface area contributed by atoms with Gasteiger partial charge in [0.15, 0.2) is 12.2 Å². The number of ether oxygens (including phenoxy) is 4. The number of carbonyl (C=O) groups is 4. The average molecular weight is 328 g/mol. The van der Waals surface area contributed by atoms with Crippen LogP contribution in [-0.2, 0) is 38.1 Å². The Kier molecular flexibility index (Phi) is 5.83. The van der Waals surface area contributed by atoms with E-state index in [1.165, 1.54) is 0 Å². The molecule has 2 rings (SSSR count). The van der Waals surface area contributed by atoms with Crippen molar-refractivity contribution in [1.82, 2.24) is 0 Å². The Labute approximate surface area is 131 Å². The van der Waals surface area contributed by atoms with E-state index in [1.807, 2.05) is 0 Å². The van der Waals surface area contributed by atoms with Gasteiger partial charge in [0, 0.05) is 6.08 Å². The van der Waals surface area contributed by atoms with Crippen LogP contribution in [0.1, 0.15) is 12.8 Å². The molecule has 2 saturated heterocycles. The highest BCUT2D eigenvalue weighted by atomic mass is 16.7. The van der Waals surface area contributed by atoms with E-state index in [9.17, 15) is 19.2 Å². The van der Waals surface area contributed by atoms with Gasteiger partial charge in [-0.15, -0.1) is 0 Å². The van der Waals surface area contributed by atoms with Crippen molar-refractivity contribution in [1.29, 1.82) is 0 Å². The number of aliphatic carboxylic acids is 1. The van der Waals surface area contributed by atoms with Crippen molar-refractivity contribution in [2.75, 3.05) is 13.2 Å². The van der Waals surface area contributed by atoms with Crippen molar-refractivity contribution in [3.05, 3.63) is 12.2 Å². The molecule has 1 N–H and O–H groups in total. The molecule has 0 aromatic carbocycles. The summed E-state index contributed by atoms with van der Waals surface area (Å²) in [4.78, 5) is 43.5. The molecule has 2 fully saturated rings. The summed E-state index contributed by atoms with van der Waals surface area (Å²) in [5.41, 5.74) is 0. The van der Waals surface area contributed by atoms with Gasteiger partial charge in [0.2, 0.25) is 0 Å². The van der Waals surface area contributed by atoms with Gasteiger partial charge in [0.25, 0.3) is 0 Å². The Morgan fingerprint density at radius 3 is 2.22 bits per heavy atom. The molecule has 2 aliphatic rings. The number of aldehydes is 1. The zero-order valence-corrected chi connectivity index (χ0v) is 12.1. The summed E-state index contributed by atoms with van der Waals surface area (Å²) < 4.78 is 21.1. The molecule has 0 aromatic rings. The second-order valence-electron chi connectivity index (χ2n) is 4.99. The van der Waals surface area contributed by atoms with Crippen molar-refractivity contribution >= 4 is 24.2 Å². The second kappa shape index (κ2) is 7.84. The lowest BCUT2D eigenvalue weighted by Gasteiger charge is -2.16. The molecule has 4 unspecified atom stereocenters. The van der Waals surface area contributed by atoms with Gasteiger partial charge in [-0.2, -0.15) is 0 Å². The van der Waals surface area contributed by atoms with Crippen LogP contribution < -0.4 is 0 Å². The van der Waals surface area contributed by atoms with Crippen LogP contribution in [0.4, 0.5) is 0 Å². The van der Waals surface area contributed by atoms with Gasteiger partial charge in [0.1, 0.15) is 18.5 Å². The van der Waals surface area contributed by atoms with Gasteiger partial charge in [-0.1, -0.05) is 0 Å². The van der Waals surface area contributed by atoms with Crippen LogP contribution in [0, 0.1) is 0 Å². The lowest BCUT2D eigenvalue weighted by atomic mass is 10.1. The summed E-state index contributed by atoms with van der Waals surface area (Å²) in [5, 5.41) is 8.52. The van der Waals surface area contributed by atoms with E-state index in [2.05, 4.69) is 0 Å². The van der Waals surface area contributed by atoms with Crippen LogP contribution in [0.5, 0.6) is 0 Å². The summed E-state index contributed by atoms with van der Waals surface area (Å²) in [7, 11) is 0. The molecule has 9 nitrogen and oxygen atoms in total. The predicted molar refractivity (Wildman–Crippen MR) is 71.3 cm³/mol. The van der Waals surface area contributed by atoms with Crippen LogP contribution in [0.2, 0.25) is 0 Å². The number of hydrogen-bond donors (Lipinski definition) is 1. The highest BCUT2D eigenvalue weighted by Gasteiger charge is 2.51.